The summed E-state index contributed by atoms with van der Waals surface area (Å²) in [4.78, 5) is 0.221. The van der Waals surface area contributed by atoms with Crippen LogP contribution in [-0.4, -0.2) is 37.3 Å². The van der Waals surface area contributed by atoms with Crippen LogP contribution in [0.15, 0.2) is 17.3 Å². The maximum absolute atomic E-state index is 12.1. The molecule has 19 heavy (non-hydrogen) atoms. The first kappa shape index (κ1) is 14.5. The summed E-state index contributed by atoms with van der Waals surface area (Å²) in [6.45, 7) is 3.56. The summed E-state index contributed by atoms with van der Waals surface area (Å²) in [7, 11) is -1.74. The SMILES string of the molecule is CCC1CCCNC1CNS(=O)(=O)c1cnn(C)c1. The summed E-state index contributed by atoms with van der Waals surface area (Å²) in [6.07, 6.45) is 6.29. The highest BCUT2D eigenvalue weighted by molar-refractivity contribution is 7.89. The molecule has 1 aliphatic rings. The normalized spacial score (nSPS) is 24.5. The molecule has 1 aliphatic heterocycles. The molecule has 0 aromatic carbocycles. The number of aryl methyl sites for hydroxylation is 1. The molecule has 0 bridgehead atoms. The van der Waals surface area contributed by atoms with Crippen molar-refractivity contribution in [2.24, 2.45) is 13.0 Å². The van der Waals surface area contributed by atoms with E-state index in [1.165, 1.54) is 29.9 Å². The quantitative estimate of drug-likeness (QED) is 0.825. The largest absolute Gasteiger partial charge is 0.312 e. The number of nitrogens with zero attached hydrogens (tertiary/aromatic N) is 2. The number of hydrogen-bond acceptors (Lipinski definition) is 4. The summed E-state index contributed by atoms with van der Waals surface area (Å²) < 4.78 is 28.3. The Morgan fingerprint density at radius 3 is 3.00 bits per heavy atom. The molecule has 0 amide bonds. The number of rotatable bonds is 5. The van der Waals surface area contributed by atoms with Gasteiger partial charge in [0.05, 0.1) is 6.20 Å². The van der Waals surface area contributed by atoms with Crippen LogP contribution in [0.3, 0.4) is 0 Å². The van der Waals surface area contributed by atoms with Gasteiger partial charge in [-0.25, -0.2) is 13.1 Å². The zero-order valence-electron chi connectivity index (χ0n) is 11.5. The molecule has 1 aromatic heterocycles. The molecule has 2 atom stereocenters. The van der Waals surface area contributed by atoms with E-state index in [0.29, 0.717) is 12.5 Å². The minimum absolute atomic E-state index is 0.221. The van der Waals surface area contributed by atoms with E-state index in [1.807, 2.05) is 0 Å². The Balaban J connectivity index is 1.97. The predicted molar refractivity (Wildman–Crippen MR) is 73.2 cm³/mol. The monoisotopic (exact) mass is 286 g/mol. The third kappa shape index (κ3) is 3.55. The fourth-order valence-corrected chi connectivity index (χ4v) is 3.61. The number of nitrogens with one attached hydrogen (secondary N) is 2. The lowest BCUT2D eigenvalue weighted by Gasteiger charge is -2.32. The number of sulfonamides is 1. The maximum atomic E-state index is 12.1. The fourth-order valence-electron chi connectivity index (χ4n) is 2.57. The van der Waals surface area contributed by atoms with Gasteiger partial charge in [0.25, 0.3) is 0 Å². The lowest BCUT2D eigenvalue weighted by molar-refractivity contribution is 0.273. The molecule has 0 saturated carbocycles. The summed E-state index contributed by atoms with van der Waals surface area (Å²) in [5.41, 5.74) is 0. The molecule has 2 heterocycles. The first-order chi connectivity index (χ1) is 9.03. The van der Waals surface area contributed by atoms with Gasteiger partial charge in [0.2, 0.25) is 10.0 Å². The highest BCUT2D eigenvalue weighted by Crippen LogP contribution is 2.19. The van der Waals surface area contributed by atoms with Gasteiger partial charge in [-0.2, -0.15) is 5.10 Å². The standard InChI is InChI=1S/C12H22N4O2S/c1-3-10-5-4-6-13-12(10)8-15-19(17,18)11-7-14-16(2)9-11/h7,9-10,12-13,15H,3-6,8H2,1-2H3. The Kier molecular flexibility index (Phi) is 4.59. The van der Waals surface area contributed by atoms with Gasteiger partial charge in [0, 0.05) is 25.8 Å². The van der Waals surface area contributed by atoms with Crippen molar-refractivity contribution in [3.63, 3.8) is 0 Å². The Bertz CT molecular complexity index is 512. The van der Waals surface area contributed by atoms with Gasteiger partial charge in [-0.15, -0.1) is 0 Å². The topological polar surface area (TPSA) is 76.0 Å². The van der Waals surface area contributed by atoms with Gasteiger partial charge in [-0.05, 0) is 25.3 Å². The van der Waals surface area contributed by atoms with Crippen molar-refractivity contribution in [1.82, 2.24) is 19.8 Å². The number of aromatic nitrogens is 2. The van der Waals surface area contributed by atoms with Crippen molar-refractivity contribution in [1.29, 1.82) is 0 Å². The van der Waals surface area contributed by atoms with Crippen LogP contribution in [0.25, 0.3) is 0 Å². The lowest BCUT2D eigenvalue weighted by Crippen LogP contribution is -2.48. The number of piperidine rings is 1. The van der Waals surface area contributed by atoms with E-state index < -0.39 is 10.0 Å². The first-order valence-electron chi connectivity index (χ1n) is 6.74. The van der Waals surface area contributed by atoms with Gasteiger partial charge in [-0.3, -0.25) is 4.68 Å². The molecular formula is C12H22N4O2S. The summed E-state index contributed by atoms with van der Waals surface area (Å²) in [6, 6.07) is 0.227. The van der Waals surface area contributed by atoms with Gasteiger partial charge in [0.1, 0.15) is 4.90 Å². The molecule has 2 unspecified atom stereocenters. The minimum Gasteiger partial charge on any atom is -0.312 e. The zero-order chi connectivity index (χ0) is 13.9. The molecule has 2 N–H and O–H groups in total. The molecule has 6 nitrogen and oxygen atoms in total. The van der Waals surface area contributed by atoms with Crippen LogP contribution in [0.4, 0.5) is 0 Å². The third-order valence-corrected chi connectivity index (χ3v) is 5.11. The summed E-state index contributed by atoms with van der Waals surface area (Å²) in [5, 5.41) is 7.29. The first-order valence-corrected chi connectivity index (χ1v) is 8.23. The third-order valence-electron chi connectivity index (χ3n) is 3.74. The van der Waals surface area contributed by atoms with Crippen molar-refractivity contribution in [2.45, 2.75) is 37.1 Å². The van der Waals surface area contributed by atoms with E-state index in [9.17, 15) is 8.42 Å². The summed E-state index contributed by atoms with van der Waals surface area (Å²) >= 11 is 0. The Morgan fingerprint density at radius 2 is 2.37 bits per heavy atom. The average molecular weight is 286 g/mol. The van der Waals surface area contributed by atoms with Gasteiger partial charge < -0.3 is 5.32 Å². The molecule has 1 saturated heterocycles. The smallest absolute Gasteiger partial charge is 0.243 e. The van der Waals surface area contributed by atoms with Crippen LogP contribution in [0.1, 0.15) is 26.2 Å². The van der Waals surface area contributed by atoms with Crippen molar-refractivity contribution >= 4 is 10.0 Å². The van der Waals surface area contributed by atoms with Crippen LogP contribution in [0.5, 0.6) is 0 Å². The van der Waals surface area contributed by atoms with E-state index in [0.717, 1.165) is 13.0 Å². The second-order valence-corrected chi connectivity index (χ2v) is 6.84. The second-order valence-electron chi connectivity index (χ2n) is 5.07. The second kappa shape index (κ2) is 6.02. The van der Waals surface area contributed by atoms with Crippen LogP contribution in [0.2, 0.25) is 0 Å². The van der Waals surface area contributed by atoms with E-state index in [4.69, 9.17) is 0 Å². The minimum atomic E-state index is -3.44. The van der Waals surface area contributed by atoms with Crippen molar-refractivity contribution in [3.05, 3.63) is 12.4 Å². The molecule has 0 radical (unpaired) electrons. The highest BCUT2D eigenvalue weighted by atomic mass is 32.2. The van der Waals surface area contributed by atoms with Crippen LogP contribution in [0, 0.1) is 5.92 Å². The molecule has 7 heteroatoms. The Morgan fingerprint density at radius 1 is 1.58 bits per heavy atom. The molecular weight excluding hydrogens is 264 g/mol. The van der Waals surface area contributed by atoms with Gasteiger partial charge >= 0.3 is 0 Å². The van der Waals surface area contributed by atoms with Crippen molar-refractivity contribution in [3.8, 4) is 0 Å². The maximum Gasteiger partial charge on any atom is 0.243 e. The van der Waals surface area contributed by atoms with Crippen LogP contribution >= 0.6 is 0 Å². The summed E-state index contributed by atoms with van der Waals surface area (Å²) in [5.74, 6) is 0.547. The van der Waals surface area contributed by atoms with Gasteiger partial charge in [0.15, 0.2) is 0 Å². The lowest BCUT2D eigenvalue weighted by atomic mass is 9.89. The van der Waals surface area contributed by atoms with Gasteiger partial charge in [-0.1, -0.05) is 13.3 Å². The molecule has 108 valence electrons. The van der Waals surface area contributed by atoms with Crippen LogP contribution < -0.4 is 10.0 Å². The van der Waals surface area contributed by atoms with E-state index in [-0.39, 0.29) is 10.9 Å². The van der Waals surface area contributed by atoms with Crippen LogP contribution in [-0.2, 0) is 17.1 Å². The zero-order valence-corrected chi connectivity index (χ0v) is 12.3. The Labute approximate surface area is 114 Å². The molecule has 0 aliphatic carbocycles. The molecule has 2 rings (SSSR count). The van der Waals surface area contributed by atoms with E-state index >= 15 is 0 Å². The molecule has 1 fully saturated rings. The average Bonchev–Trinajstić information content (AvgIpc) is 2.84. The van der Waals surface area contributed by atoms with Crippen molar-refractivity contribution < 1.29 is 8.42 Å². The van der Waals surface area contributed by atoms with E-state index in [1.54, 1.807) is 7.05 Å². The molecule has 0 spiro atoms. The number of hydrogen-bond donors (Lipinski definition) is 2. The molecule has 1 aromatic rings. The predicted octanol–water partition coefficient (Wildman–Crippen LogP) is 0.477. The Hall–Kier alpha value is -0.920. The fraction of sp³-hybridized carbons (Fsp3) is 0.750. The van der Waals surface area contributed by atoms with Crippen molar-refractivity contribution in [2.75, 3.05) is 13.1 Å². The highest BCUT2D eigenvalue weighted by Gasteiger charge is 2.25. The van der Waals surface area contributed by atoms with E-state index in [2.05, 4.69) is 22.1 Å².